The Hall–Kier alpha value is -1.92. The Morgan fingerprint density at radius 1 is 1.39 bits per heavy atom. The fourth-order valence-electron chi connectivity index (χ4n) is 6.44. The molecular formula is C22H24F2O4. The molecular weight excluding hydrogens is 366 g/mol. The first-order valence-corrected chi connectivity index (χ1v) is 9.51. The van der Waals surface area contributed by atoms with Crippen LogP contribution in [0.15, 0.2) is 47.9 Å². The summed E-state index contributed by atoms with van der Waals surface area (Å²) in [5.74, 6) is -3.12. The number of rotatable bonds is 2. The van der Waals surface area contributed by atoms with Gasteiger partial charge in [-0.15, -0.1) is 0 Å². The summed E-state index contributed by atoms with van der Waals surface area (Å²) in [5.41, 5.74) is -3.67. The zero-order valence-corrected chi connectivity index (χ0v) is 15.9. The van der Waals surface area contributed by atoms with Gasteiger partial charge >= 0.3 is 0 Å². The lowest BCUT2D eigenvalue weighted by Gasteiger charge is -2.57. The molecule has 0 spiro atoms. The van der Waals surface area contributed by atoms with E-state index >= 15 is 4.39 Å². The second-order valence-electron chi connectivity index (χ2n) is 9.06. The van der Waals surface area contributed by atoms with Crippen LogP contribution in [0, 0.1) is 28.6 Å². The summed E-state index contributed by atoms with van der Waals surface area (Å²) in [4.78, 5) is 24.1. The van der Waals surface area contributed by atoms with Crippen LogP contribution in [0.3, 0.4) is 0 Å². The topological polar surface area (TPSA) is 74.6 Å². The third kappa shape index (κ3) is 2.10. The van der Waals surface area contributed by atoms with Gasteiger partial charge < -0.3 is 10.2 Å². The van der Waals surface area contributed by atoms with Crippen LogP contribution < -0.4 is 0 Å². The number of carbonyl (C=O) groups is 2. The number of carbonyl (C=O) groups excluding carboxylic acids is 2. The zero-order valence-electron chi connectivity index (χ0n) is 15.9. The van der Waals surface area contributed by atoms with Gasteiger partial charge in [0.25, 0.3) is 0 Å². The Kier molecular flexibility index (Phi) is 4.02. The van der Waals surface area contributed by atoms with Crippen molar-refractivity contribution in [1.82, 2.24) is 0 Å². The number of hydrogen-bond acceptors (Lipinski definition) is 4. The van der Waals surface area contributed by atoms with Crippen molar-refractivity contribution in [3.63, 3.8) is 0 Å². The van der Waals surface area contributed by atoms with Crippen molar-refractivity contribution in [3.8, 4) is 0 Å². The van der Waals surface area contributed by atoms with Crippen LogP contribution in [0.2, 0.25) is 0 Å². The molecule has 4 aliphatic rings. The largest absolute Gasteiger partial charge is 0.393 e. The van der Waals surface area contributed by atoms with E-state index in [4.69, 9.17) is 0 Å². The lowest BCUT2D eigenvalue weighted by molar-refractivity contribution is -0.165. The minimum absolute atomic E-state index is 0.0558. The molecule has 0 radical (unpaired) electrons. The third-order valence-electron chi connectivity index (χ3n) is 7.82. The van der Waals surface area contributed by atoms with Gasteiger partial charge in [0.15, 0.2) is 23.8 Å². The summed E-state index contributed by atoms with van der Waals surface area (Å²) >= 11 is 0. The standard InChI is InChI=1S/C22H24F2O4/c1-11-6-14-13-8-16(24)15-7-12(25)4-5-20(15,2)19(13)17(26)9-21(14,3)22(11,28)18(27)10-23/h4-5,7-8,13-14,17,19,26,28H,1,6,9-10H2,2-3H3/t13-,14-,17?,19+,20-,21-,22-/m0/s1. The number of Topliss-reactive ketones (excluding diaryl/α,β-unsaturated/α-hetero) is 1. The number of ketones is 2. The second-order valence-corrected chi connectivity index (χ2v) is 9.06. The number of allylic oxidation sites excluding steroid dienone is 6. The summed E-state index contributed by atoms with van der Waals surface area (Å²) in [7, 11) is 0. The van der Waals surface area contributed by atoms with Gasteiger partial charge in [-0.25, -0.2) is 8.78 Å². The maximum absolute atomic E-state index is 15.0. The molecule has 0 saturated heterocycles. The number of hydrogen-bond donors (Lipinski definition) is 2. The molecule has 0 aromatic heterocycles. The minimum atomic E-state index is -2.09. The van der Waals surface area contributed by atoms with Gasteiger partial charge in [-0.05, 0) is 48.5 Å². The van der Waals surface area contributed by atoms with E-state index in [-0.39, 0.29) is 35.7 Å². The molecule has 0 aromatic rings. The average molecular weight is 390 g/mol. The van der Waals surface area contributed by atoms with Crippen LogP contribution in [-0.4, -0.2) is 40.2 Å². The molecule has 150 valence electrons. The predicted octanol–water partition coefficient (Wildman–Crippen LogP) is 2.77. The van der Waals surface area contributed by atoms with Gasteiger partial charge in [0.05, 0.1) is 6.10 Å². The molecule has 4 rings (SSSR count). The van der Waals surface area contributed by atoms with E-state index < -0.39 is 52.7 Å². The first kappa shape index (κ1) is 19.4. The number of alkyl halides is 1. The van der Waals surface area contributed by atoms with Crippen molar-refractivity contribution < 1.29 is 28.6 Å². The van der Waals surface area contributed by atoms with Crippen molar-refractivity contribution >= 4 is 11.6 Å². The highest BCUT2D eigenvalue weighted by Crippen LogP contribution is 2.67. The number of aliphatic hydroxyl groups excluding tert-OH is 1. The van der Waals surface area contributed by atoms with Gasteiger partial charge in [0.2, 0.25) is 0 Å². The second kappa shape index (κ2) is 5.80. The molecule has 7 atom stereocenters. The average Bonchev–Trinajstić information content (AvgIpc) is 2.83. The van der Waals surface area contributed by atoms with E-state index in [1.807, 2.05) is 0 Å². The molecule has 1 unspecified atom stereocenters. The van der Waals surface area contributed by atoms with Gasteiger partial charge in [0.1, 0.15) is 5.83 Å². The normalized spacial score (nSPS) is 47.1. The molecule has 0 heterocycles. The summed E-state index contributed by atoms with van der Waals surface area (Å²) in [6.07, 6.45) is 5.01. The van der Waals surface area contributed by atoms with Crippen molar-refractivity contribution in [1.29, 1.82) is 0 Å². The first-order chi connectivity index (χ1) is 13.0. The monoisotopic (exact) mass is 390 g/mol. The van der Waals surface area contributed by atoms with Gasteiger partial charge in [-0.2, -0.15) is 0 Å². The van der Waals surface area contributed by atoms with Crippen LogP contribution in [0.5, 0.6) is 0 Å². The zero-order chi connectivity index (χ0) is 20.6. The molecule has 2 fully saturated rings. The number of fused-ring (bicyclic) bond motifs is 5. The maximum Gasteiger partial charge on any atom is 0.199 e. The molecule has 2 N–H and O–H groups in total. The van der Waals surface area contributed by atoms with Gasteiger partial charge in [0, 0.05) is 22.3 Å². The van der Waals surface area contributed by atoms with Crippen LogP contribution in [0.4, 0.5) is 8.78 Å². The van der Waals surface area contributed by atoms with Crippen molar-refractivity contribution in [2.45, 2.75) is 38.4 Å². The quantitative estimate of drug-likeness (QED) is 0.711. The molecule has 6 heteroatoms. The molecule has 0 bridgehead atoms. The first-order valence-electron chi connectivity index (χ1n) is 9.51. The fraction of sp³-hybridized carbons (Fsp3) is 0.545. The van der Waals surface area contributed by atoms with E-state index in [0.29, 0.717) is 0 Å². The molecule has 0 amide bonds. The Balaban J connectivity index is 1.88. The highest BCUT2D eigenvalue weighted by molar-refractivity contribution is 6.01. The Morgan fingerprint density at radius 2 is 2.07 bits per heavy atom. The SMILES string of the molecule is C=C1C[C@H]2[C@@H]3C=C(F)C4=CC(=O)C=C[C@]4(C)[C@H]3C(O)C[C@]2(C)[C@@]1(O)C(=O)CF. The number of halogens is 2. The lowest BCUT2D eigenvalue weighted by Crippen LogP contribution is -2.61. The summed E-state index contributed by atoms with van der Waals surface area (Å²) < 4.78 is 28.3. The van der Waals surface area contributed by atoms with E-state index in [1.165, 1.54) is 18.2 Å². The van der Waals surface area contributed by atoms with Crippen LogP contribution in [0.1, 0.15) is 26.7 Å². The Labute approximate surface area is 162 Å². The third-order valence-corrected chi connectivity index (χ3v) is 7.82. The lowest BCUT2D eigenvalue weighted by atomic mass is 9.47. The van der Waals surface area contributed by atoms with Crippen LogP contribution in [-0.2, 0) is 9.59 Å². The minimum Gasteiger partial charge on any atom is -0.393 e. The van der Waals surface area contributed by atoms with E-state index in [2.05, 4.69) is 6.58 Å². The van der Waals surface area contributed by atoms with E-state index in [1.54, 1.807) is 19.9 Å². The maximum atomic E-state index is 15.0. The Morgan fingerprint density at radius 3 is 2.71 bits per heavy atom. The smallest absolute Gasteiger partial charge is 0.199 e. The molecule has 0 aromatic carbocycles. The summed E-state index contributed by atoms with van der Waals surface area (Å²) in [5, 5.41) is 22.3. The predicted molar refractivity (Wildman–Crippen MR) is 98.4 cm³/mol. The van der Waals surface area contributed by atoms with E-state index in [0.717, 1.165) is 0 Å². The van der Waals surface area contributed by atoms with Crippen LogP contribution >= 0.6 is 0 Å². The Bertz CT molecular complexity index is 887. The molecule has 4 nitrogen and oxygen atoms in total. The van der Waals surface area contributed by atoms with Gasteiger partial charge in [-0.3, -0.25) is 9.59 Å². The van der Waals surface area contributed by atoms with E-state index in [9.17, 15) is 24.2 Å². The molecule has 2 saturated carbocycles. The van der Waals surface area contributed by atoms with Crippen LogP contribution in [0.25, 0.3) is 0 Å². The molecule has 4 aliphatic carbocycles. The summed E-state index contributed by atoms with van der Waals surface area (Å²) in [6, 6.07) is 0. The highest BCUT2D eigenvalue weighted by atomic mass is 19.1. The van der Waals surface area contributed by atoms with Gasteiger partial charge in [-0.1, -0.05) is 26.5 Å². The highest BCUT2D eigenvalue weighted by Gasteiger charge is 2.69. The molecule has 28 heavy (non-hydrogen) atoms. The van der Waals surface area contributed by atoms with Crippen molar-refractivity contribution in [3.05, 3.63) is 47.9 Å². The number of aliphatic hydroxyl groups is 2. The van der Waals surface area contributed by atoms with Crippen molar-refractivity contribution in [2.75, 3.05) is 6.67 Å². The summed E-state index contributed by atoms with van der Waals surface area (Å²) in [6.45, 7) is 5.95. The van der Waals surface area contributed by atoms with Crippen molar-refractivity contribution in [2.24, 2.45) is 28.6 Å². The fourth-order valence-corrected chi connectivity index (χ4v) is 6.44. The molecule has 0 aliphatic heterocycles.